The summed E-state index contributed by atoms with van der Waals surface area (Å²) < 4.78 is 19.5. The highest BCUT2D eigenvalue weighted by Crippen LogP contribution is 2.29. The Morgan fingerprint density at radius 3 is 2.94 bits per heavy atom. The highest BCUT2D eigenvalue weighted by Gasteiger charge is 2.26. The lowest BCUT2D eigenvalue weighted by atomic mass is 9.89. The molecule has 18 heavy (non-hydrogen) atoms. The number of halogens is 1. The molecule has 0 radical (unpaired) electrons. The van der Waals surface area contributed by atoms with E-state index in [1.165, 1.54) is 5.57 Å². The van der Waals surface area contributed by atoms with Crippen molar-refractivity contribution in [3.05, 3.63) is 23.3 Å². The molecule has 0 saturated carbocycles. The number of nitrogens with zero attached hydrogens (tertiary/aromatic N) is 1. The number of hydrogen-bond donors (Lipinski definition) is 1. The van der Waals surface area contributed by atoms with Gasteiger partial charge in [0.25, 0.3) is 0 Å². The summed E-state index contributed by atoms with van der Waals surface area (Å²) in [6.45, 7) is 1.97. The average Bonchev–Trinajstić information content (AvgIpc) is 2.42. The van der Waals surface area contributed by atoms with Gasteiger partial charge in [-0.3, -0.25) is 4.99 Å². The molecular formula is C14H21FN2O. The summed E-state index contributed by atoms with van der Waals surface area (Å²) in [7, 11) is 0. The van der Waals surface area contributed by atoms with Gasteiger partial charge in [0.15, 0.2) is 0 Å². The summed E-state index contributed by atoms with van der Waals surface area (Å²) >= 11 is 0. The molecule has 2 atom stereocenters. The largest absolute Gasteiger partial charge is 0.375 e. The van der Waals surface area contributed by atoms with Gasteiger partial charge in [-0.15, -0.1) is 0 Å². The van der Waals surface area contributed by atoms with E-state index in [0.29, 0.717) is 13.2 Å². The summed E-state index contributed by atoms with van der Waals surface area (Å²) in [5.74, 6) is 0. The molecule has 0 bridgehead atoms. The standard InChI is InChI=1S/C14H21FN2O/c15-13-10-12(11-4-7-17-8-5-11)2-3-14(13)18-9-1-6-16/h4,7,10,13-14H,1-3,5-6,8-9,16H2/t13-,14?/m1/s1. The molecule has 3 nitrogen and oxygen atoms in total. The number of aliphatic imine (C=N–C) groups is 1. The molecule has 100 valence electrons. The first kappa shape index (κ1) is 13.4. The maximum atomic E-state index is 14.0. The number of ether oxygens (including phenoxy) is 1. The van der Waals surface area contributed by atoms with Crippen LogP contribution in [0, 0.1) is 0 Å². The van der Waals surface area contributed by atoms with Crippen molar-refractivity contribution >= 4 is 6.21 Å². The molecule has 1 heterocycles. The van der Waals surface area contributed by atoms with E-state index >= 15 is 0 Å². The summed E-state index contributed by atoms with van der Waals surface area (Å²) in [5, 5.41) is 0. The quantitative estimate of drug-likeness (QED) is 0.762. The minimum atomic E-state index is -0.994. The van der Waals surface area contributed by atoms with Crippen LogP contribution in [0.5, 0.6) is 0 Å². The Morgan fingerprint density at radius 2 is 2.28 bits per heavy atom. The third-order valence-electron chi connectivity index (χ3n) is 3.40. The van der Waals surface area contributed by atoms with Crippen molar-refractivity contribution < 1.29 is 9.13 Å². The van der Waals surface area contributed by atoms with Crippen LogP contribution in [0.4, 0.5) is 4.39 Å². The van der Waals surface area contributed by atoms with Gasteiger partial charge in [0.2, 0.25) is 0 Å². The monoisotopic (exact) mass is 252 g/mol. The normalized spacial score (nSPS) is 27.9. The third-order valence-corrected chi connectivity index (χ3v) is 3.40. The Kier molecular flexibility index (Phi) is 5.08. The minimum absolute atomic E-state index is 0.293. The van der Waals surface area contributed by atoms with Gasteiger partial charge in [0.1, 0.15) is 6.17 Å². The molecule has 1 aliphatic heterocycles. The summed E-state index contributed by atoms with van der Waals surface area (Å²) in [5.41, 5.74) is 7.75. The number of alkyl halides is 1. The number of hydrogen-bond acceptors (Lipinski definition) is 3. The van der Waals surface area contributed by atoms with Crippen molar-refractivity contribution in [2.24, 2.45) is 10.7 Å². The zero-order valence-electron chi connectivity index (χ0n) is 10.6. The van der Waals surface area contributed by atoms with E-state index in [1.54, 1.807) is 6.08 Å². The Balaban J connectivity index is 1.91. The predicted octanol–water partition coefficient (Wildman–Crippen LogP) is 2.18. The molecule has 2 aliphatic rings. The topological polar surface area (TPSA) is 47.6 Å². The van der Waals surface area contributed by atoms with Crippen LogP contribution >= 0.6 is 0 Å². The van der Waals surface area contributed by atoms with E-state index in [4.69, 9.17) is 10.5 Å². The van der Waals surface area contributed by atoms with E-state index in [0.717, 1.165) is 37.8 Å². The first-order valence-electron chi connectivity index (χ1n) is 6.67. The molecule has 2 N–H and O–H groups in total. The van der Waals surface area contributed by atoms with E-state index < -0.39 is 6.17 Å². The molecule has 0 aromatic carbocycles. The SMILES string of the molecule is NCCCOC1CCC(C2=CC=NCC2)=C[C@H]1F. The first-order valence-corrected chi connectivity index (χ1v) is 6.67. The fourth-order valence-corrected chi connectivity index (χ4v) is 2.35. The Bertz CT molecular complexity index is 363. The zero-order chi connectivity index (χ0) is 12.8. The van der Waals surface area contributed by atoms with Crippen molar-refractivity contribution in [2.45, 2.75) is 38.0 Å². The van der Waals surface area contributed by atoms with Gasteiger partial charge in [0.05, 0.1) is 6.10 Å². The van der Waals surface area contributed by atoms with E-state index in [1.807, 2.05) is 12.3 Å². The van der Waals surface area contributed by atoms with Gasteiger partial charge in [-0.1, -0.05) is 0 Å². The molecule has 1 unspecified atom stereocenters. The van der Waals surface area contributed by atoms with E-state index in [-0.39, 0.29) is 6.10 Å². The molecule has 0 amide bonds. The second kappa shape index (κ2) is 6.81. The highest BCUT2D eigenvalue weighted by molar-refractivity contribution is 5.74. The Hall–Kier alpha value is -1.00. The van der Waals surface area contributed by atoms with Crippen molar-refractivity contribution in [1.82, 2.24) is 0 Å². The fourth-order valence-electron chi connectivity index (χ4n) is 2.35. The molecule has 0 fully saturated rings. The van der Waals surface area contributed by atoms with Crippen LogP contribution in [-0.2, 0) is 4.74 Å². The van der Waals surface area contributed by atoms with E-state index in [2.05, 4.69) is 4.99 Å². The van der Waals surface area contributed by atoms with Crippen LogP contribution in [0.25, 0.3) is 0 Å². The van der Waals surface area contributed by atoms with Crippen LogP contribution in [0.1, 0.15) is 25.7 Å². The predicted molar refractivity (Wildman–Crippen MR) is 71.7 cm³/mol. The molecule has 0 saturated heterocycles. The molecule has 4 heteroatoms. The molecule has 0 spiro atoms. The maximum absolute atomic E-state index is 14.0. The second-order valence-corrected chi connectivity index (χ2v) is 4.72. The van der Waals surface area contributed by atoms with Crippen molar-refractivity contribution in [1.29, 1.82) is 0 Å². The Morgan fingerprint density at radius 1 is 1.39 bits per heavy atom. The summed E-state index contributed by atoms with van der Waals surface area (Å²) in [4.78, 5) is 4.15. The van der Waals surface area contributed by atoms with Gasteiger partial charge >= 0.3 is 0 Å². The van der Waals surface area contributed by atoms with Crippen molar-refractivity contribution in [3.8, 4) is 0 Å². The molecule has 0 aromatic heterocycles. The van der Waals surface area contributed by atoms with Crippen LogP contribution in [0.2, 0.25) is 0 Å². The van der Waals surface area contributed by atoms with Crippen LogP contribution < -0.4 is 5.73 Å². The lowest BCUT2D eigenvalue weighted by Crippen LogP contribution is -2.29. The molecule has 0 aromatic rings. The molecular weight excluding hydrogens is 231 g/mol. The van der Waals surface area contributed by atoms with E-state index in [9.17, 15) is 4.39 Å². The van der Waals surface area contributed by atoms with Crippen LogP contribution in [0.3, 0.4) is 0 Å². The summed E-state index contributed by atoms with van der Waals surface area (Å²) in [6.07, 6.45) is 7.62. The van der Waals surface area contributed by atoms with Gasteiger partial charge in [-0.05, 0) is 55.5 Å². The average molecular weight is 252 g/mol. The number of rotatable bonds is 5. The van der Waals surface area contributed by atoms with Crippen LogP contribution in [0.15, 0.2) is 28.3 Å². The first-order chi connectivity index (χ1) is 8.81. The van der Waals surface area contributed by atoms with Gasteiger partial charge < -0.3 is 10.5 Å². The maximum Gasteiger partial charge on any atom is 0.145 e. The zero-order valence-corrected chi connectivity index (χ0v) is 10.6. The van der Waals surface area contributed by atoms with Gasteiger partial charge in [-0.2, -0.15) is 0 Å². The lowest BCUT2D eigenvalue weighted by Gasteiger charge is -2.27. The lowest BCUT2D eigenvalue weighted by molar-refractivity contribution is 0.00384. The third kappa shape index (κ3) is 3.50. The highest BCUT2D eigenvalue weighted by atomic mass is 19.1. The molecule has 1 aliphatic carbocycles. The smallest absolute Gasteiger partial charge is 0.145 e. The van der Waals surface area contributed by atoms with Crippen molar-refractivity contribution in [3.63, 3.8) is 0 Å². The van der Waals surface area contributed by atoms with Crippen molar-refractivity contribution in [2.75, 3.05) is 19.7 Å². The minimum Gasteiger partial charge on any atom is -0.375 e. The molecule has 2 rings (SSSR count). The van der Waals surface area contributed by atoms with Crippen LogP contribution in [-0.4, -0.2) is 38.2 Å². The number of dihydropyridines is 1. The second-order valence-electron chi connectivity index (χ2n) is 4.72. The van der Waals surface area contributed by atoms with Gasteiger partial charge in [0, 0.05) is 19.4 Å². The fraction of sp³-hybridized carbons (Fsp3) is 0.643. The summed E-state index contributed by atoms with van der Waals surface area (Å²) in [6, 6.07) is 0. The number of allylic oxidation sites excluding steroid dienone is 2. The van der Waals surface area contributed by atoms with Gasteiger partial charge in [-0.25, -0.2) is 4.39 Å². The number of nitrogens with two attached hydrogens (primary N) is 1. The Labute approximate surface area is 108 Å².